The molecule has 19 heavy (non-hydrogen) atoms. The summed E-state index contributed by atoms with van der Waals surface area (Å²) in [6.45, 7) is 1.92. The molecular formula is C12H14F3N4+. The zero-order valence-electron chi connectivity index (χ0n) is 10.2. The molecule has 0 atom stereocenters. The molecule has 0 bridgehead atoms. The third-order valence-electron chi connectivity index (χ3n) is 3.07. The van der Waals surface area contributed by atoms with Gasteiger partial charge in [-0.3, -0.25) is 0 Å². The molecule has 0 aliphatic carbocycles. The minimum absolute atomic E-state index is 0.145. The van der Waals surface area contributed by atoms with Crippen molar-refractivity contribution in [3.8, 4) is 6.07 Å². The molecule has 0 aromatic carbocycles. The first-order chi connectivity index (χ1) is 9.00. The Kier molecular flexibility index (Phi) is 3.90. The summed E-state index contributed by atoms with van der Waals surface area (Å²) in [7, 11) is 0. The van der Waals surface area contributed by atoms with E-state index in [-0.39, 0.29) is 11.9 Å². The highest BCUT2D eigenvalue weighted by Gasteiger charge is 2.36. The number of nitrogens with one attached hydrogen (secondary N) is 1. The summed E-state index contributed by atoms with van der Waals surface area (Å²) in [5.41, 5.74) is -1.57. The van der Waals surface area contributed by atoms with Crippen LogP contribution < -0.4 is 10.6 Å². The fraction of sp³-hybridized carbons (Fsp3) is 0.500. The molecule has 0 amide bonds. The predicted octanol–water partition coefficient (Wildman–Crippen LogP) is 1.11. The van der Waals surface area contributed by atoms with Gasteiger partial charge in [0.05, 0.1) is 18.7 Å². The van der Waals surface area contributed by atoms with Crippen LogP contribution in [0.5, 0.6) is 0 Å². The third-order valence-corrected chi connectivity index (χ3v) is 3.07. The highest BCUT2D eigenvalue weighted by Crippen LogP contribution is 2.31. The molecule has 3 N–H and O–H groups in total. The number of nitriles is 1. The van der Waals surface area contributed by atoms with Crippen LogP contribution in [0.1, 0.15) is 24.1 Å². The maximum absolute atomic E-state index is 12.7. The van der Waals surface area contributed by atoms with Crippen molar-refractivity contribution >= 4 is 5.82 Å². The van der Waals surface area contributed by atoms with Crippen LogP contribution in [0.2, 0.25) is 0 Å². The van der Waals surface area contributed by atoms with Crippen LogP contribution in [0.25, 0.3) is 0 Å². The highest BCUT2D eigenvalue weighted by molar-refractivity contribution is 5.45. The van der Waals surface area contributed by atoms with Gasteiger partial charge in [0.25, 0.3) is 0 Å². The molecule has 4 nitrogen and oxygen atoms in total. The lowest BCUT2D eigenvalue weighted by molar-refractivity contribution is -0.662. The standard InChI is InChI=1S/C12H13F3N4/c13-12(14,15)11-8(7-16)1-2-10(19-11)18-9-3-5-17-6-4-9/h1-2,9,17H,3-6H2,(H,18,19)/p+1. The van der Waals surface area contributed by atoms with Crippen molar-refractivity contribution in [3.63, 3.8) is 0 Å². The fourth-order valence-corrected chi connectivity index (χ4v) is 2.13. The van der Waals surface area contributed by atoms with Crippen LogP contribution in [0.15, 0.2) is 12.1 Å². The summed E-state index contributed by atoms with van der Waals surface area (Å²) in [6.07, 6.45) is -2.82. The van der Waals surface area contributed by atoms with E-state index in [1.165, 1.54) is 12.1 Å². The Bertz CT molecular complexity index is 487. The first-order valence-electron chi connectivity index (χ1n) is 6.07. The van der Waals surface area contributed by atoms with Gasteiger partial charge in [-0.1, -0.05) is 0 Å². The summed E-state index contributed by atoms with van der Waals surface area (Å²) in [5, 5.41) is 13.9. The molecule has 1 aromatic rings. The first kappa shape index (κ1) is 13.6. The van der Waals surface area contributed by atoms with E-state index in [9.17, 15) is 13.2 Å². The number of anilines is 1. The van der Waals surface area contributed by atoms with Gasteiger partial charge < -0.3 is 10.6 Å². The Labute approximate surface area is 108 Å². The van der Waals surface area contributed by atoms with Crippen LogP contribution >= 0.6 is 0 Å². The Morgan fingerprint density at radius 2 is 2.00 bits per heavy atom. The van der Waals surface area contributed by atoms with Crippen molar-refractivity contribution in [2.45, 2.75) is 25.1 Å². The lowest BCUT2D eigenvalue weighted by atomic mass is 10.1. The van der Waals surface area contributed by atoms with Gasteiger partial charge in [-0.2, -0.15) is 18.4 Å². The molecule has 7 heteroatoms. The van der Waals surface area contributed by atoms with E-state index in [0.29, 0.717) is 0 Å². The number of piperidine rings is 1. The third kappa shape index (κ3) is 3.35. The molecule has 2 rings (SSSR count). The molecule has 1 saturated heterocycles. The van der Waals surface area contributed by atoms with Crippen LogP contribution in [0.4, 0.5) is 19.0 Å². The average Bonchev–Trinajstić information content (AvgIpc) is 2.39. The van der Waals surface area contributed by atoms with E-state index in [1.54, 1.807) is 0 Å². The van der Waals surface area contributed by atoms with E-state index in [4.69, 9.17) is 5.26 Å². The highest BCUT2D eigenvalue weighted by atomic mass is 19.4. The minimum Gasteiger partial charge on any atom is -0.367 e. The predicted molar refractivity (Wildman–Crippen MR) is 62.3 cm³/mol. The molecule has 0 saturated carbocycles. The van der Waals surface area contributed by atoms with E-state index >= 15 is 0 Å². The summed E-state index contributed by atoms with van der Waals surface area (Å²) in [4.78, 5) is 3.54. The number of rotatable bonds is 2. The van der Waals surface area contributed by atoms with Gasteiger partial charge in [0.1, 0.15) is 11.9 Å². The number of aromatic nitrogens is 1. The van der Waals surface area contributed by atoms with Crippen LogP contribution in [0, 0.1) is 11.3 Å². The average molecular weight is 271 g/mol. The van der Waals surface area contributed by atoms with E-state index in [1.807, 2.05) is 0 Å². The Balaban J connectivity index is 2.20. The van der Waals surface area contributed by atoms with Gasteiger partial charge in [0.15, 0.2) is 5.69 Å². The molecule has 102 valence electrons. The summed E-state index contributed by atoms with van der Waals surface area (Å²) in [5.74, 6) is 0.179. The molecule has 0 radical (unpaired) electrons. The second-order valence-electron chi connectivity index (χ2n) is 4.49. The number of nitrogens with zero attached hydrogens (tertiary/aromatic N) is 2. The lowest BCUT2D eigenvalue weighted by Crippen LogP contribution is -2.87. The number of nitrogens with two attached hydrogens (primary N) is 1. The number of hydrogen-bond acceptors (Lipinski definition) is 3. The first-order valence-corrected chi connectivity index (χ1v) is 6.07. The monoisotopic (exact) mass is 271 g/mol. The van der Waals surface area contributed by atoms with Gasteiger partial charge in [0.2, 0.25) is 0 Å². The van der Waals surface area contributed by atoms with E-state index < -0.39 is 17.4 Å². The van der Waals surface area contributed by atoms with Crippen LogP contribution in [-0.4, -0.2) is 24.1 Å². The topological polar surface area (TPSA) is 65.3 Å². The summed E-state index contributed by atoms with van der Waals surface area (Å²) in [6, 6.07) is 4.25. The van der Waals surface area contributed by atoms with Gasteiger partial charge >= 0.3 is 6.18 Å². The van der Waals surface area contributed by atoms with Crippen molar-refractivity contribution in [3.05, 3.63) is 23.4 Å². The van der Waals surface area contributed by atoms with Crippen LogP contribution in [0.3, 0.4) is 0 Å². The molecule has 0 spiro atoms. The van der Waals surface area contributed by atoms with Gasteiger partial charge in [-0.15, -0.1) is 0 Å². The Hall–Kier alpha value is -1.81. The molecule has 1 fully saturated rings. The largest absolute Gasteiger partial charge is 0.434 e. The second kappa shape index (κ2) is 5.45. The minimum atomic E-state index is -4.61. The molecule has 2 heterocycles. The molecule has 1 aliphatic heterocycles. The zero-order chi connectivity index (χ0) is 13.9. The van der Waals surface area contributed by atoms with E-state index in [0.717, 1.165) is 32.0 Å². The molecule has 1 aliphatic rings. The van der Waals surface area contributed by atoms with Crippen molar-refractivity contribution < 1.29 is 18.5 Å². The van der Waals surface area contributed by atoms with Crippen LogP contribution in [-0.2, 0) is 6.18 Å². The van der Waals surface area contributed by atoms with Gasteiger partial charge in [-0.05, 0) is 12.1 Å². The van der Waals surface area contributed by atoms with Gasteiger partial charge in [-0.25, -0.2) is 4.98 Å². The van der Waals surface area contributed by atoms with Crippen molar-refractivity contribution in [2.75, 3.05) is 18.4 Å². The zero-order valence-corrected chi connectivity index (χ0v) is 10.2. The quantitative estimate of drug-likeness (QED) is 0.847. The number of alkyl halides is 3. The Morgan fingerprint density at radius 3 is 2.58 bits per heavy atom. The number of halogens is 3. The smallest absolute Gasteiger partial charge is 0.367 e. The maximum Gasteiger partial charge on any atom is 0.434 e. The van der Waals surface area contributed by atoms with Crippen molar-refractivity contribution in [2.24, 2.45) is 0 Å². The van der Waals surface area contributed by atoms with Gasteiger partial charge in [0, 0.05) is 18.9 Å². The number of pyridine rings is 1. The summed E-state index contributed by atoms with van der Waals surface area (Å²) < 4.78 is 38.2. The molecular weight excluding hydrogens is 257 g/mol. The maximum atomic E-state index is 12.7. The number of hydrogen-bond donors (Lipinski definition) is 2. The fourth-order valence-electron chi connectivity index (χ4n) is 2.13. The normalized spacial score (nSPS) is 16.9. The van der Waals surface area contributed by atoms with Crippen molar-refractivity contribution in [1.82, 2.24) is 4.98 Å². The molecule has 0 unspecified atom stereocenters. The SMILES string of the molecule is N#Cc1ccc(NC2CC[NH2+]CC2)nc1C(F)(F)F. The molecule has 1 aromatic heterocycles. The Morgan fingerprint density at radius 1 is 1.32 bits per heavy atom. The second-order valence-corrected chi connectivity index (χ2v) is 4.49. The lowest BCUT2D eigenvalue weighted by Gasteiger charge is -2.22. The number of quaternary nitrogens is 1. The summed E-state index contributed by atoms with van der Waals surface area (Å²) >= 11 is 0. The van der Waals surface area contributed by atoms with E-state index in [2.05, 4.69) is 15.6 Å². The van der Waals surface area contributed by atoms with Crippen molar-refractivity contribution in [1.29, 1.82) is 5.26 Å².